The van der Waals surface area contributed by atoms with Gasteiger partial charge in [0.25, 0.3) is 0 Å². The highest BCUT2D eigenvalue weighted by atomic mass is 16.5. The maximum absolute atomic E-state index is 12.3. The van der Waals surface area contributed by atoms with Crippen LogP contribution in [-0.2, 0) is 11.2 Å². The van der Waals surface area contributed by atoms with Crippen molar-refractivity contribution in [1.82, 2.24) is 0 Å². The Kier molecular flexibility index (Phi) is 5.60. The maximum Gasteiger partial charge on any atom is 0.336 e. The van der Waals surface area contributed by atoms with Gasteiger partial charge in [0, 0.05) is 18.1 Å². The van der Waals surface area contributed by atoms with E-state index in [0.29, 0.717) is 34.8 Å². The van der Waals surface area contributed by atoms with Crippen LogP contribution in [0.3, 0.4) is 0 Å². The van der Waals surface area contributed by atoms with E-state index in [2.05, 4.69) is 0 Å². The maximum atomic E-state index is 12.3. The number of aryl methyl sites for hydroxylation is 1. The van der Waals surface area contributed by atoms with E-state index in [9.17, 15) is 9.59 Å². The van der Waals surface area contributed by atoms with E-state index in [1.807, 2.05) is 13.0 Å². The summed E-state index contributed by atoms with van der Waals surface area (Å²) in [4.78, 5) is 24.7. The third-order valence-electron chi connectivity index (χ3n) is 4.66. The highest BCUT2D eigenvalue weighted by Crippen LogP contribution is 2.32. The number of fused-ring (bicyclic) bond motifs is 1. The summed E-state index contributed by atoms with van der Waals surface area (Å²) in [5.41, 5.74) is 3.27. The van der Waals surface area contributed by atoms with E-state index in [1.165, 1.54) is 6.08 Å². The zero-order valence-electron chi connectivity index (χ0n) is 15.7. The van der Waals surface area contributed by atoms with Crippen LogP contribution < -0.4 is 14.2 Å². The number of benzene rings is 2. The van der Waals surface area contributed by atoms with Crippen molar-refractivity contribution in [2.24, 2.45) is 0 Å². The van der Waals surface area contributed by atoms with Crippen molar-refractivity contribution in [2.75, 3.05) is 14.2 Å². The lowest BCUT2D eigenvalue weighted by molar-refractivity contribution is -0.128. The summed E-state index contributed by atoms with van der Waals surface area (Å²) in [7, 11) is 3.13. The number of carbonyl (C=O) groups is 2. The smallest absolute Gasteiger partial charge is 0.336 e. The van der Waals surface area contributed by atoms with E-state index in [1.54, 1.807) is 44.6 Å². The third-order valence-corrected chi connectivity index (χ3v) is 4.66. The van der Waals surface area contributed by atoms with Gasteiger partial charge in [0.1, 0.15) is 17.2 Å². The van der Waals surface area contributed by atoms with Crippen LogP contribution in [0.5, 0.6) is 17.2 Å². The standard InChI is InChI=1S/C22H22O5/c1-14-7-10-20(22-17(14)5-4-6-18(22)23)27-21(24)12-8-15-13-16(25-2)9-11-19(15)26-3/h7-13H,4-6H2,1-3H3/b12-8+. The third kappa shape index (κ3) is 4.03. The lowest BCUT2D eigenvalue weighted by Crippen LogP contribution is -2.16. The Morgan fingerprint density at radius 2 is 1.81 bits per heavy atom. The molecule has 27 heavy (non-hydrogen) atoms. The fourth-order valence-electron chi connectivity index (χ4n) is 3.26. The Balaban J connectivity index is 1.83. The molecule has 2 aromatic rings. The Hall–Kier alpha value is -3.08. The lowest BCUT2D eigenvalue weighted by Gasteiger charge is -2.19. The van der Waals surface area contributed by atoms with E-state index in [-0.39, 0.29) is 5.78 Å². The van der Waals surface area contributed by atoms with Crippen LogP contribution in [0, 0.1) is 6.92 Å². The Bertz CT molecular complexity index is 911. The van der Waals surface area contributed by atoms with Crippen LogP contribution >= 0.6 is 0 Å². The normalized spacial score (nSPS) is 13.4. The molecular formula is C22H22O5. The van der Waals surface area contributed by atoms with Crippen LogP contribution in [0.15, 0.2) is 36.4 Å². The highest BCUT2D eigenvalue weighted by molar-refractivity contribution is 6.02. The monoisotopic (exact) mass is 366 g/mol. The average molecular weight is 366 g/mol. The molecule has 5 heteroatoms. The average Bonchev–Trinajstić information content (AvgIpc) is 2.68. The predicted octanol–water partition coefficient (Wildman–Crippen LogP) is 4.15. The van der Waals surface area contributed by atoms with Crippen LogP contribution in [-0.4, -0.2) is 26.0 Å². The molecule has 0 unspecified atom stereocenters. The van der Waals surface area contributed by atoms with Gasteiger partial charge in [-0.1, -0.05) is 6.07 Å². The first-order valence-electron chi connectivity index (χ1n) is 8.81. The van der Waals surface area contributed by atoms with E-state index in [0.717, 1.165) is 24.0 Å². The van der Waals surface area contributed by atoms with Gasteiger partial charge in [0.2, 0.25) is 0 Å². The second-order valence-electron chi connectivity index (χ2n) is 6.37. The number of ketones is 1. The van der Waals surface area contributed by atoms with Gasteiger partial charge in [-0.15, -0.1) is 0 Å². The second-order valence-corrected chi connectivity index (χ2v) is 6.37. The molecule has 0 radical (unpaired) electrons. The summed E-state index contributed by atoms with van der Waals surface area (Å²) in [6, 6.07) is 8.88. The number of methoxy groups -OCH3 is 2. The van der Waals surface area contributed by atoms with Crippen molar-refractivity contribution < 1.29 is 23.8 Å². The first kappa shape index (κ1) is 18.7. The van der Waals surface area contributed by atoms with Gasteiger partial charge < -0.3 is 14.2 Å². The molecule has 0 saturated heterocycles. The molecule has 0 saturated carbocycles. The quantitative estimate of drug-likeness (QED) is 0.452. The summed E-state index contributed by atoms with van der Waals surface area (Å²) in [6.07, 6.45) is 5.07. The Labute approximate surface area is 158 Å². The molecule has 0 atom stereocenters. The minimum absolute atomic E-state index is 0.0289. The van der Waals surface area contributed by atoms with E-state index < -0.39 is 5.97 Å². The van der Waals surface area contributed by atoms with Crippen LogP contribution in [0.25, 0.3) is 6.08 Å². The van der Waals surface area contributed by atoms with Crippen molar-refractivity contribution in [3.8, 4) is 17.2 Å². The predicted molar refractivity (Wildman–Crippen MR) is 103 cm³/mol. The molecule has 0 heterocycles. The molecule has 2 aromatic carbocycles. The van der Waals surface area contributed by atoms with Crippen molar-refractivity contribution in [1.29, 1.82) is 0 Å². The van der Waals surface area contributed by atoms with Crippen molar-refractivity contribution in [3.63, 3.8) is 0 Å². The molecule has 0 aromatic heterocycles. The van der Waals surface area contributed by atoms with E-state index in [4.69, 9.17) is 14.2 Å². The molecule has 5 nitrogen and oxygen atoms in total. The van der Waals surface area contributed by atoms with Gasteiger partial charge in [-0.2, -0.15) is 0 Å². The molecule has 0 N–H and O–H groups in total. The molecule has 0 spiro atoms. The van der Waals surface area contributed by atoms with Crippen molar-refractivity contribution in [2.45, 2.75) is 26.2 Å². The summed E-state index contributed by atoms with van der Waals surface area (Å²) in [6.45, 7) is 1.97. The number of hydrogen-bond acceptors (Lipinski definition) is 5. The lowest BCUT2D eigenvalue weighted by atomic mass is 9.87. The number of rotatable bonds is 5. The first-order valence-corrected chi connectivity index (χ1v) is 8.81. The highest BCUT2D eigenvalue weighted by Gasteiger charge is 2.24. The van der Waals surface area contributed by atoms with Crippen LogP contribution in [0.4, 0.5) is 0 Å². The topological polar surface area (TPSA) is 61.8 Å². The Morgan fingerprint density at radius 3 is 2.56 bits per heavy atom. The van der Waals surface area contributed by atoms with Gasteiger partial charge in [-0.05, 0) is 61.2 Å². The Morgan fingerprint density at radius 1 is 1.04 bits per heavy atom. The van der Waals surface area contributed by atoms with Gasteiger partial charge in [0.05, 0.1) is 19.8 Å². The summed E-state index contributed by atoms with van der Waals surface area (Å²) in [5, 5.41) is 0. The second kappa shape index (κ2) is 8.08. The molecule has 0 fully saturated rings. The summed E-state index contributed by atoms with van der Waals surface area (Å²) >= 11 is 0. The van der Waals surface area contributed by atoms with Gasteiger partial charge in [0.15, 0.2) is 5.78 Å². The summed E-state index contributed by atoms with van der Waals surface area (Å²) in [5.74, 6) is 1.07. The van der Waals surface area contributed by atoms with Crippen molar-refractivity contribution in [3.05, 3.63) is 58.7 Å². The minimum atomic E-state index is -0.552. The zero-order valence-corrected chi connectivity index (χ0v) is 15.7. The number of Topliss-reactive ketones (excluding diaryl/α,β-unsaturated/α-hetero) is 1. The number of hydrogen-bond donors (Lipinski definition) is 0. The first-order chi connectivity index (χ1) is 13.0. The van der Waals surface area contributed by atoms with E-state index >= 15 is 0 Å². The van der Waals surface area contributed by atoms with Crippen LogP contribution in [0.2, 0.25) is 0 Å². The zero-order chi connectivity index (χ0) is 19.4. The molecule has 140 valence electrons. The number of esters is 1. The van der Waals surface area contributed by atoms with Gasteiger partial charge >= 0.3 is 5.97 Å². The largest absolute Gasteiger partial charge is 0.497 e. The summed E-state index contributed by atoms with van der Waals surface area (Å²) < 4.78 is 16.0. The molecule has 1 aliphatic carbocycles. The van der Waals surface area contributed by atoms with Gasteiger partial charge in [-0.3, -0.25) is 4.79 Å². The van der Waals surface area contributed by atoms with Crippen molar-refractivity contribution >= 4 is 17.8 Å². The molecule has 1 aliphatic rings. The molecule has 0 aliphatic heterocycles. The molecule has 3 rings (SSSR count). The minimum Gasteiger partial charge on any atom is -0.497 e. The van der Waals surface area contributed by atoms with Gasteiger partial charge in [-0.25, -0.2) is 4.79 Å². The molecule has 0 bridgehead atoms. The molecular weight excluding hydrogens is 344 g/mol. The SMILES string of the molecule is COc1ccc(OC)c(/C=C/C(=O)Oc2ccc(C)c3c2C(=O)CCC3)c1. The number of carbonyl (C=O) groups excluding carboxylic acids is 2. The van der Waals surface area contributed by atoms with Crippen LogP contribution in [0.1, 0.15) is 39.9 Å². The number of ether oxygens (including phenoxy) is 3. The fraction of sp³-hybridized carbons (Fsp3) is 0.273. The molecule has 0 amide bonds. The fourth-order valence-corrected chi connectivity index (χ4v) is 3.26.